The van der Waals surface area contributed by atoms with Crippen molar-refractivity contribution < 1.29 is 14.3 Å². The van der Waals surface area contributed by atoms with Crippen molar-refractivity contribution in [2.45, 2.75) is 56.8 Å². The Morgan fingerprint density at radius 1 is 1.20 bits per heavy atom. The highest BCUT2D eigenvalue weighted by molar-refractivity contribution is 5.82. The van der Waals surface area contributed by atoms with Crippen molar-refractivity contribution >= 4 is 5.91 Å². The highest BCUT2D eigenvalue weighted by atomic mass is 16.5. The van der Waals surface area contributed by atoms with Crippen molar-refractivity contribution in [3.63, 3.8) is 0 Å². The third-order valence-electron chi connectivity index (χ3n) is 5.16. The van der Waals surface area contributed by atoms with Crippen LogP contribution in [0.4, 0.5) is 0 Å². The lowest BCUT2D eigenvalue weighted by Gasteiger charge is -2.34. The molecule has 2 heterocycles. The zero-order chi connectivity index (χ0) is 17.5. The Morgan fingerprint density at radius 3 is 2.64 bits per heavy atom. The molecule has 0 bridgehead atoms. The summed E-state index contributed by atoms with van der Waals surface area (Å²) in [5.74, 6) is 0.0536. The first-order chi connectivity index (χ1) is 12.2. The van der Waals surface area contributed by atoms with E-state index in [1.165, 1.54) is 12.8 Å². The second-order valence-corrected chi connectivity index (χ2v) is 7.14. The molecule has 5 nitrogen and oxygen atoms in total. The van der Waals surface area contributed by atoms with E-state index in [0.717, 1.165) is 44.5 Å². The number of nitrogens with zero attached hydrogens (tertiary/aromatic N) is 1. The third kappa shape index (κ3) is 5.53. The van der Waals surface area contributed by atoms with Crippen LogP contribution in [0.5, 0.6) is 0 Å². The maximum atomic E-state index is 12.6. The van der Waals surface area contributed by atoms with E-state index in [-0.39, 0.29) is 18.1 Å². The number of hydrogen-bond donors (Lipinski definition) is 1. The molecule has 2 fully saturated rings. The Kier molecular flexibility index (Phi) is 6.84. The molecule has 0 saturated carbocycles. The van der Waals surface area contributed by atoms with Crippen molar-refractivity contribution in [2.24, 2.45) is 5.73 Å². The van der Waals surface area contributed by atoms with Gasteiger partial charge in [-0.1, -0.05) is 30.3 Å². The number of likely N-dealkylation sites (tertiary alicyclic amines) is 1. The molecule has 2 N–H and O–H groups in total. The lowest BCUT2D eigenvalue weighted by molar-refractivity contribution is -0.136. The number of ether oxygens (including phenoxy) is 2. The van der Waals surface area contributed by atoms with Crippen molar-refractivity contribution in [3.8, 4) is 0 Å². The smallest absolute Gasteiger partial charge is 0.239 e. The van der Waals surface area contributed by atoms with Crippen LogP contribution in [0.1, 0.15) is 37.7 Å². The molecular weight excluding hydrogens is 316 g/mol. The van der Waals surface area contributed by atoms with Crippen LogP contribution in [0.3, 0.4) is 0 Å². The van der Waals surface area contributed by atoms with Crippen molar-refractivity contribution in [1.82, 2.24) is 4.90 Å². The van der Waals surface area contributed by atoms with Gasteiger partial charge in [0, 0.05) is 19.7 Å². The summed E-state index contributed by atoms with van der Waals surface area (Å²) in [4.78, 5) is 14.4. The predicted molar refractivity (Wildman–Crippen MR) is 97.3 cm³/mol. The molecule has 1 aromatic carbocycles. The normalized spacial score (nSPS) is 23.4. The summed E-state index contributed by atoms with van der Waals surface area (Å²) in [6.07, 6.45) is 6.36. The molecule has 0 unspecified atom stereocenters. The second-order valence-electron chi connectivity index (χ2n) is 7.14. The Labute approximate surface area is 150 Å². The number of carbonyl (C=O) groups excluding carboxylic acids is 1. The van der Waals surface area contributed by atoms with Gasteiger partial charge in [0.2, 0.25) is 5.91 Å². The van der Waals surface area contributed by atoms with Gasteiger partial charge in [-0.2, -0.15) is 0 Å². The van der Waals surface area contributed by atoms with Crippen LogP contribution in [0.15, 0.2) is 30.3 Å². The monoisotopic (exact) mass is 346 g/mol. The largest absolute Gasteiger partial charge is 0.376 e. The summed E-state index contributed by atoms with van der Waals surface area (Å²) in [5.41, 5.74) is 7.24. The molecule has 2 aliphatic heterocycles. The van der Waals surface area contributed by atoms with E-state index >= 15 is 0 Å². The van der Waals surface area contributed by atoms with Gasteiger partial charge in [-0.05, 0) is 44.1 Å². The summed E-state index contributed by atoms with van der Waals surface area (Å²) in [5, 5.41) is 0. The fourth-order valence-electron chi connectivity index (χ4n) is 3.61. The van der Waals surface area contributed by atoms with E-state index < -0.39 is 6.04 Å². The fraction of sp³-hybridized carbons (Fsp3) is 0.650. The molecule has 25 heavy (non-hydrogen) atoms. The summed E-state index contributed by atoms with van der Waals surface area (Å²) in [6, 6.07) is 9.49. The Balaban J connectivity index is 1.38. The molecule has 1 aromatic rings. The van der Waals surface area contributed by atoms with Gasteiger partial charge >= 0.3 is 0 Å². The van der Waals surface area contributed by atoms with Gasteiger partial charge in [0.1, 0.15) is 0 Å². The molecule has 0 aromatic heterocycles. The molecule has 2 aliphatic rings. The molecule has 0 radical (unpaired) electrons. The number of benzene rings is 1. The van der Waals surface area contributed by atoms with Gasteiger partial charge in [0.05, 0.1) is 24.9 Å². The van der Waals surface area contributed by atoms with Crippen LogP contribution < -0.4 is 5.73 Å². The van der Waals surface area contributed by atoms with Gasteiger partial charge in [-0.15, -0.1) is 0 Å². The minimum atomic E-state index is -0.462. The van der Waals surface area contributed by atoms with Crippen LogP contribution >= 0.6 is 0 Å². The Hall–Kier alpha value is -1.43. The highest BCUT2D eigenvalue weighted by Gasteiger charge is 2.27. The fourth-order valence-corrected chi connectivity index (χ4v) is 3.61. The Morgan fingerprint density at radius 2 is 1.96 bits per heavy atom. The van der Waals surface area contributed by atoms with Crippen molar-refractivity contribution in [1.29, 1.82) is 0 Å². The molecular formula is C20H30N2O3. The zero-order valence-electron chi connectivity index (χ0n) is 14.9. The highest BCUT2D eigenvalue weighted by Crippen LogP contribution is 2.18. The zero-order valence-corrected chi connectivity index (χ0v) is 14.9. The van der Waals surface area contributed by atoms with E-state index in [4.69, 9.17) is 15.2 Å². The van der Waals surface area contributed by atoms with Crippen LogP contribution in [0, 0.1) is 0 Å². The number of hydrogen-bond acceptors (Lipinski definition) is 4. The van der Waals surface area contributed by atoms with Crippen LogP contribution in [-0.2, 0) is 20.7 Å². The number of carbonyl (C=O) groups is 1. The van der Waals surface area contributed by atoms with E-state index in [9.17, 15) is 4.79 Å². The molecule has 0 spiro atoms. The number of piperidine rings is 1. The molecule has 3 rings (SSSR count). The van der Waals surface area contributed by atoms with Gasteiger partial charge in [-0.3, -0.25) is 4.79 Å². The second kappa shape index (κ2) is 9.32. The van der Waals surface area contributed by atoms with Crippen LogP contribution in [0.2, 0.25) is 0 Å². The quantitative estimate of drug-likeness (QED) is 0.857. The molecule has 2 saturated heterocycles. The first-order valence-electron chi connectivity index (χ1n) is 9.54. The molecule has 2 atom stereocenters. The maximum Gasteiger partial charge on any atom is 0.239 e. The first-order valence-corrected chi connectivity index (χ1v) is 9.54. The van der Waals surface area contributed by atoms with E-state index in [0.29, 0.717) is 13.0 Å². The molecule has 1 amide bonds. The van der Waals surface area contributed by atoms with E-state index in [1.54, 1.807) is 0 Å². The van der Waals surface area contributed by atoms with Gasteiger partial charge in [0.25, 0.3) is 0 Å². The number of amides is 1. The van der Waals surface area contributed by atoms with E-state index in [1.807, 2.05) is 35.2 Å². The van der Waals surface area contributed by atoms with E-state index in [2.05, 4.69) is 0 Å². The summed E-state index contributed by atoms with van der Waals surface area (Å²) < 4.78 is 11.7. The average molecular weight is 346 g/mol. The summed E-state index contributed by atoms with van der Waals surface area (Å²) >= 11 is 0. The topological polar surface area (TPSA) is 64.8 Å². The minimum Gasteiger partial charge on any atom is -0.376 e. The summed E-state index contributed by atoms with van der Waals surface area (Å²) in [6.45, 7) is 3.02. The predicted octanol–water partition coefficient (Wildman–Crippen LogP) is 2.13. The maximum absolute atomic E-state index is 12.6. The van der Waals surface area contributed by atoms with Gasteiger partial charge in [-0.25, -0.2) is 0 Å². The van der Waals surface area contributed by atoms with Crippen LogP contribution in [-0.4, -0.2) is 55.4 Å². The van der Waals surface area contributed by atoms with Crippen molar-refractivity contribution in [2.75, 3.05) is 26.3 Å². The van der Waals surface area contributed by atoms with Crippen molar-refractivity contribution in [3.05, 3.63) is 35.9 Å². The summed E-state index contributed by atoms with van der Waals surface area (Å²) in [7, 11) is 0. The molecule has 5 heteroatoms. The third-order valence-corrected chi connectivity index (χ3v) is 5.16. The lowest BCUT2D eigenvalue weighted by Crippen LogP contribution is -2.49. The molecule has 0 aliphatic carbocycles. The minimum absolute atomic E-state index is 0.0536. The Bertz CT molecular complexity index is 523. The number of nitrogens with two attached hydrogens (primary N) is 1. The molecule has 138 valence electrons. The van der Waals surface area contributed by atoms with Gasteiger partial charge in [0.15, 0.2) is 0 Å². The average Bonchev–Trinajstić information content (AvgIpc) is 2.68. The number of rotatable bonds is 6. The first kappa shape index (κ1) is 18.4. The SMILES string of the molecule is N[C@@H](Cc1ccccc1)C(=O)N1CCC(OC[C@@H]2CCCCO2)CC1. The van der Waals surface area contributed by atoms with Crippen LogP contribution in [0.25, 0.3) is 0 Å². The standard InChI is InChI=1S/C20H30N2O3/c21-19(14-16-6-2-1-3-7-16)20(23)22-11-9-17(10-12-22)25-15-18-8-4-5-13-24-18/h1-3,6-7,17-19H,4-5,8-15,21H2/t18-,19-/m0/s1. The van der Waals surface area contributed by atoms with Gasteiger partial charge < -0.3 is 20.1 Å². The lowest BCUT2D eigenvalue weighted by atomic mass is 10.0.